The van der Waals surface area contributed by atoms with Crippen molar-refractivity contribution in [2.24, 2.45) is 0 Å². The summed E-state index contributed by atoms with van der Waals surface area (Å²) in [4.78, 5) is 7.03. The Balaban J connectivity index is 2.14. The van der Waals surface area contributed by atoms with Crippen LogP contribution in [0, 0.1) is 0 Å². The maximum atomic E-state index is 6.02. The van der Waals surface area contributed by atoms with Crippen molar-refractivity contribution < 1.29 is 4.74 Å². The van der Waals surface area contributed by atoms with Crippen LogP contribution in [0.4, 0.5) is 0 Å². The SMILES string of the molecule is CCCn1ccnc1C(NCC)C1CN(CC)CCO1. The zero-order valence-electron chi connectivity index (χ0n) is 13.0. The topological polar surface area (TPSA) is 42.3 Å². The molecule has 0 radical (unpaired) electrons. The van der Waals surface area contributed by atoms with Crippen molar-refractivity contribution in [3.63, 3.8) is 0 Å². The molecule has 0 spiro atoms. The average molecular weight is 280 g/mol. The summed E-state index contributed by atoms with van der Waals surface area (Å²) in [5.41, 5.74) is 0. The number of morpholine rings is 1. The highest BCUT2D eigenvalue weighted by molar-refractivity contribution is 5.04. The first kappa shape index (κ1) is 15.5. The predicted molar refractivity (Wildman–Crippen MR) is 80.8 cm³/mol. The Morgan fingerprint density at radius 1 is 1.45 bits per heavy atom. The maximum absolute atomic E-state index is 6.02. The monoisotopic (exact) mass is 280 g/mol. The van der Waals surface area contributed by atoms with Crippen LogP contribution in [-0.4, -0.2) is 53.3 Å². The van der Waals surface area contributed by atoms with Gasteiger partial charge in [0, 0.05) is 32.0 Å². The van der Waals surface area contributed by atoms with E-state index in [1.807, 2.05) is 6.20 Å². The van der Waals surface area contributed by atoms with E-state index in [0.29, 0.717) is 0 Å². The number of aromatic nitrogens is 2. The Hall–Kier alpha value is -0.910. The molecule has 5 heteroatoms. The van der Waals surface area contributed by atoms with Crippen LogP contribution in [0.15, 0.2) is 12.4 Å². The second kappa shape index (κ2) is 7.76. The van der Waals surface area contributed by atoms with Gasteiger partial charge in [-0.2, -0.15) is 0 Å². The summed E-state index contributed by atoms with van der Waals surface area (Å²) >= 11 is 0. The van der Waals surface area contributed by atoms with Crippen molar-refractivity contribution in [1.82, 2.24) is 19.8 Å². The molecule has 1 fully saturated rings. The third-order valence-electron chi connectivity index (χ3n) is 3.91. The standard InChI is InChI=1S/C15H28N4O/c1-4-8-19-9-7-17-15(19)14(16-5-2)13-12-18(6-3)10-11-20-13/h7,9,13-14,16H,4-6,8,10-12H2,1-3H3. The van der Waals surface area contributed by atoms with E-state index < -0.39 is 0 Å². The number of aryl methyl sites for hydroxylation is 1. The van der Waals surface area contributed by atoms with Gasteiger partial charge in [-0.3, -0.25) is 4.90 Å². The average Bonchev–Trinajstić information content (AvgIpc) is 2.93. The molecule has 1 aromatic heterocycles. The fourth-order valence-corrected chi connectivity index (χ4v) is 2.86. The van der Waals surface area contributed by atoms with Gasteiger partial charge in [-0.25, -0.2) is 4.98 Å². The van der Waals surface area contributed by atoms with Crippen molar-refractivity contribution in [1.29, 1.82) is 0 Å². The number of nitrogens with zero attached hydrogens (tertiary/aromatic N) is 3. The molecule has 1 aliphatic rings. The van der Waals surface area contributed by atoms with Gasteiger partial charge < -0.3 is 14.6 Å². The zero-order valence-corrected chi connectivity index (χ0v) is 13.0. The minimum absolute atomic E-state index is 0.177. The number of hydrogen-bond donors (Lipinski definition) is 1. The molecule has 1 aliphatic heterocycles. The highest BCUT2D eigenvalue weighted by Gasteiger charge is 2.30. The van der Waals surface area contributed by atoms with Crippen LogP contribution in [0.5, 0.6) is 0 Å². The Bertz CT molecular complexity index is 393. The minimum atomic E-state index is 0.177. The molecule has 2 atom stereocenters. The lowest BCUT2D eigenvalue weighted by Crippen LogP contribution is -2.48. The van der Waals surface area contributed by atoms with Gasteiger partial charge in [0.2, 0.25) is 0 Å². The van der Waals surface area contributed by atoms with E-state index in [0.717, 1.165) is 51.6 Å². The van der Waals surface area contributed by atoms with Gasteiger partial charge in [0.05, 0.1) is 18.8 Å². The highest BCUT2D eigenvalue weighted by atomic mass is 16.5. The first-order valence-electron chi connectivity index (χ1n) is 7.88. The number of hydrogen-bond acceptors (Lipinski definition) is 4. The molecule has 0 bridgehead atoms. The number of likely N-dealkylation sites (N-methyl/N-ethyl adjacent to an activating group) is 2. The third-order valence-corrected chi connectivity index (χ3v) is 3.91. The van der Waals surface area contributed by atoms with E-state index in [4.69, 9.17) is 4.74 Å². The largest absolute Gasteiger partial charge is 0.373 e. The van der Waals surface area contributed by atoms with Crippen molar-refractivity contribution >= 4 is 0 Å². The van der Waals surface area contributed by atoms with Gasteiger partial charge in [0.1, 0.15) is 5.82 Å². The summed E-state index contributed by atoms with van der Waals surface area (Å²) < 4.78 is 8.28. The van der Waals surface area contributed by atoms with Crippen LogP contribution < -0.4 is 5.32 Å². The van der Waals surface area contributed by atoms with E-state index in [-0.39, 0.29) is 12.1 Å². The molecule has 1 N–H and O–H groups in total. The first-order chi connectivity index (χ1) is 9.80. The van der Waals surface area contributed by atoms with Gasteiger partial charge in [0.15, 0.2) is 0 Å². The highest BCUT2D eigenvalue weighted by Crippen LogP contribution is 2.21. The molecule has 0 saturated carbocycles. The molecule has 114 valence electrons. The van der Waals surface area contributed by atoms with E-state index in [2.05, 4.69) is 46.7 Å². The van der Waals surface area contributed by atoms with Crippen molar-refractivity contribution in [3.05, 3.63) is 18.2 Å². The summed E-state index contributed by atoms with van der Waals surface area (Å²) in [6.45, 7) is 12.4. The Morgan fingerprint density at radius 2 is 2.30 bits per heavy atom. The Labute approximate surface area is 122 Å². The normalized spacial score (nSPS) is 22.1. The lowest BCUT2D eigenvalue weighted by atomic mass is 10.1. The molecule has 0 amide bonds. The summed E-state index contributed by atoms with van der Waals surface area (Å²) in [7, 11) is 0. The maximum Gasteiger partial charge on any atom is 0.128 e. The molecular formula is C15H28N4O. The molecule has 0 aromatic carbocycles. The summed E-state index contributed by atoms with van der Waals surface area (Å²) in [5.74, 6) is 1.11. The van der Waals surface area contributed by atoms with Crippen molar-refractivity contribution in [2.45, 2.75) is 45.9 Å². The fourth-order valence-electron chi connectivity index (χ4n) is 2.86. The Kier molecular flexibility index (Phi) is 6.01. The Morgan fingerprint density at radius 3 is 3.00 bits per heavy atom. The molecule has 1 aromatic rings. The second-order valence-corrected chi connectivity index (χ2v) is 5.32. The van der Waals surface area contributed by atoms with Gasteiger partial charge in [-0.15, -0.1) is 0 Å². The van der Waals surface area contributed by atoms with Crippen molar-refractivity contribution in [3.8, 4) is 0 Å². The molecule has 0 aliphatic carbocycles. The van der Waals surface area contributed by atoms with E-state index in [9.17, 15) is 0 Å². The number of imidazole rings is 1. The van der Waals surface area contributed by atoms with Crippen LogP contribution in [-0.2, 0) is 11.3 Å². The van der Waals surface area contributed by atoms with Crippen LogP contribution in [0.3, 0.4) is 0 Å². The zero-order chi connectivity index (χ0) is 14.4. The van der Waals surface area contributed by atoms with Crippen LogP contribution in [0.2, 0.25) is 0 Å². The molecule has 5 nitrogen and oxygen atoms in total. The molecule has 1 saturated heterocycles. The van der Waals surface area contributed by atoms with Crippen LogP contribution in [0.1, 0.15) is 39.1 Å². The first-order valence-corrected chi connectivity index (χ1v) is 7.88. The summed E-state index contributed by atoms with van der Waals surface area (Å²) in [5, 5.41) is 3.56. The van der Waals surface area contributed by atoms with Gasteiger partial charge in [0.25, 0.3) is 0 Å². The van der Waals surface area contributed by atoms with Crippen LogP contribution in [0.25, 0.3) is 0 Å². The quantitative estimate of drug-likeness (QED) is 0.825. The molecule has 2 unspecified atom stereocenters. The lowest BCUT2D eigenvalue weighted by Gasteiger charge is -2.36. The second-order valence-electron chi connectivity index (χ2n) is 5.32. The summed E-state index contributed by atoms with van der Waals surface area (Å²) in [6.07, 6.45) is 5.27. The van der Waals surface area contributed by atoms with Gasteiger partial charge in [-0.05, 0) is 19.5 Å². The van der Waals surface area contributed by atoms with Gasteiger partial charge >= 0.3 is 0 Å². The van der Waals surface area contributed by atoms with Crippen LogP contribution >= 0.6 is 0 Å². The number of nitrogens with one attached hydrogen (secondary N) is 1. The number of ether oxygens (including phenoxy) is 1. The van der Waals surface area contributed by atoms with Gasteiger partial charge in [-0.1, -0.05) is 20.8 Å². The van der Waals surface area contributed by atoms with E-state index >= 15 is 0 Å². The molecule has 20 heavy (non-hydrogen) atoms. The predicted octanol–water partition coefficient (Wildman–Crippen LogP) is 1.66. The summed E-state index contributed by atoms with van der Waals surface area (Å²) in [6, 6.07) is 0.177. The van der Waals surface area contributed by atoms with E-state index in [1.165, 1.54) is 0 Å². The molecular weight excluding hydrogens is 252 g/mol. The lowest BCUT2D eigenvalue weighted by molar-refractivity contribution is -0.0473. The smallest absolute Gasteiger partial charge is 0.128 e. The van der Waals surface area contributed by atoms with E-state index in [1.54, 1.807) is 0 Å². The molecule has 2 heterocycles. The molecule has 2 rings (SSSR count). The number of rotatable bonds is 7. The van der Waals surface area contributed by atoms with Crippen molar-refractivity contribution in [2.75, 3.05) is 32.8 Å². The third kappa shape index (κ3) is 3.59. The minimum Gasteiger partial charge on any atom is -0.373 e. The fraction of sp³-hybridized carbons (Fsp3) is 0.800.